The van der Waals surface area contributed by atoms with Crippen LogP contribution in [0.1, 0.15) is 18.1 Å². The fourth-order valence-electron chi connectivity index (χ4n) is 1.78. The highest BCUT2D eigenvalue weighted by Crippen LogP contribution is 2.26. The van der Waals surface area contributed by atoms with Crippen LogP contribution >= 0.6 is 34.2 Å². The van der Waals surface area contributed by atoms with E-state index in [9.17, 15) is 0 Å². The van der Waals surface area contributed by atoms with E-state index in [4.69, 9.17) is 16.3 Å². The molecule has 4 heteroatoms. The molecule has 0 unspecified atom stereocenters. The lowest BCUT2D eigenvalue weighted by atomic mass is 10.2. The van der Waals surface area contributed by atoms with Gasteiger partial charge in [-0.15, -0.1) is 0 Å². The smallest absolute Gasteiger partial charge is 0.138 e. The summed E-state index contributed by atoms with van der Waals surface area (Å²) in [7, 11) is 0. The van der Waals surface area contributed by atoms with Gasteiger partial charge in [-0.2, -0.15) is 0 Å². The fourth-order valence-corrected chi connectivity index (χ4v) is 2.40. The molecule has 0 spiro atoms. The quantitative estimate of drug-likeness (QED) is 0.713. The molecule has 0 heterocycles. The normalized spacial score (nSPS) is 10.6. The van der Waals surface area contributed by atoms with E-state index in [2.05, 4.69) is 59.1 Å². The van der Waals surface area contributed by atoms with Gasteiger partial charge in [0.2, 0.25) is 0 Å². The number of ether oxygens (including phenoxy) is 1. The summed E-state index contributed by atoms with van der Waals surface area (Å²) in [5.41, 5.74) is 2.30. The van der Waals surface area contributed by atoms with Crippen molar-refractivity contribution in [2.45, 2.75) is 20.1 Å². The van der Waals surface area contributed by atoms with E-state index >= 15 is 0 Å². The first-order valence-electron chi connectivity index (χ1n) is 6.55. The Labute approximate surface area is 138 Å². The van der Waals surface area contributed by atoms with E-state index in [1.54, 1.807) is 0 Å². The number of rotatable bonds is 6. The van der Waals surface area contributed by atoms with Gasteiger partial charge < -0.3 is 10.1 Å². The fraction of sp³-hybridized carbons (Fsp3) is 0.250. The van der Waals surface area contributed by atoms with Crippen molar-refractivity contribution in [2.24, 2.45) is 0 Å². The number of nitrogens with one attached hydrogen (secondary N) is 1. The van der Waals surface area contributed by atoms with Crippen LogP contribution in [-0.2, 0) is 13.2 Å². The van der Waals surface area contributed by atoms with Crippen molar-refractivity contribution in [3.05, 3.63) is 62.2 Å². The van der Waals surface area contributed by atoms with Gasteiger partial charge in [0.05, 0.1) is 5.02 Å². The highest BCUT2D eigenvalue weighted by molar-refractivity contribution is 14.1. The van der Waals surface area contributed by atoms with Gasteiger partial charge in [-0.05, 0) is 64.5 Å². The molecule has 20 heavy (non-hydrogen) atoms. The van der Waals surface area contributed by atoms with E-state index in [0.717, 1.165) is 24.4 Å². The maximum absolute atomic E-state index is 6.25. The second-order valence-corrected chi connectivity index (χ2v) is 6.11. The average Bonchev–Trinajstić information content (AvgIpc) is 2.46. The molecule has 0 aliphatic heterocycles. The van der Waals surface area contributed by atoms with Crippen LogP contribution in [0, 0.1) is 3.57 Å². The minimum atomic E-state index is 0.531. The first-order chi connectivity index (χ1) is 9.69. The van der Waals surface area contributed by atoms with Gasteiger partial charge in [0.1, 0.15) is 12.4 Å². The van der Waals surface area contributed by atoms with Gasteiger partial charge in [-0.3, -0.25) is 0 Å². The molecule has 0 aromatic heterocycles. The molecular weight excluding hydrogens is 385 g/mol. The van der Waals surface area contributed by atoms with Crippen LogP contribution < -0.4 is 10.1 Å². The monoisotopic (exact) mass is 401 g/mol. The van der Waals surface area contributed by atoms with Crippen molar-refractivity contribution in [1.82, 2.24) is 5.32 Å². The Bertz CT molecular complexity index is 557. The molecule has 2 aromatic carbocycles. The van der Waals surface area contributed by atoms with E-state index < -0.39 is 0 Å². The van der Waals surface area contributed by atoms with Crippen molar-refractivity contribution < 1.29 is 4.74 Å². The third-order valence-electron chi connectivity index (χ3n) is 2.88. The molecule has 0 fully saturated rings. The van der Waals surface area contributed by atoms with Gasteiger partial charge >= 0.3 is 0 Å². The maximum atomic E-state index is 6.25. The SMILES string of the molecule is CCNCc1ccc(OCc2ccc(I)cc2)c(Cl)c1. The minimum absolute atomic E-state index is 0.531. The molecule has 0 atom stereocenters. The van der Waals surface area contributed by atoms with E-state index in [1.807, 2.05) is 18.2 Å². The molecule has 0 saturated heterocycles. The summed E-state index contributed by atoms with van der Waals surface area (Å²) in [5, 5.41) is 3.93. The summed E-state index contributed by atoms with van der Waals surface area (Å²) in [6.07, 6.45) is 0. The van der Waals surface area contributed by atoms with Crippen LogP contribution in [0.2, 0.25) is 5.02 Å². The summed E-state index contributed by atoms with van der Waals surface area (Å²) < 4.78 is 6.99. The molecule has 0 aliphatic carbocycles. The zero-order chi connectivity index (χ0) is 14.4. The number of halogens is 2. The van der Waals surface area contributed by atoms with Crippen LogP contribution in [0.3, 0.4) is 0 Å². The number of hydrogen-bond donors (Lipinski definition) is 1. The first kappa shape index (κ1) is 15.6. The Morgan fingerprint density at radius 3 is 2.45 bits per heavy atom. The highest BCUT2D eigenvalue weighted by atomic mass is 127. The Balaban J connectivity index is 1.97. The summed E-state index contributed by atoms with van der Waals surface area (Å²) in [5.74, 6) is 0.727. The highest BCUT2D eigenvalue weighted by Gasteiger charge is 2.03. The molecule has 2 aromatic rings. The molecule has 0 radical (unpaired) electrons. The molecule has 0 aliphatic rings. The largest absolute Gasteiger partial charge is 0.487 e. The molecule has 0 amide bonds. The van der Waals surface area contributed by atoms with Crippen LogP contribution in [-0.4, -0.2) is 6.54 Å². The van der Waals surface area contributed by atoms with Crippen molar-refractivity contribution >= 4 is 34.2 Å². The minimum Gasteiger partial charge on any atom is -0.487 e. The van der Waals surface area contributed by atoms with Crippen molar-refractivity contribution in [3.63, 3.8) is 0 Å². The van der Waals surface area contributed by atoms with E-state index in [-0.39, 0.29) is 0 Å². The Morgan fingerprint density at radius 1 is 1.10 bits per heavy atom. The average molecular weight is 402 g/mol. The maximum Gasteiger partial charge on any atom is 0.138 e. The Morgan fingerprint density at radius 2 is 1.80 bits per heavy atom. The van der Waals surface area contributed by atoms with Gasteiger partial charge in [-0.25, -0.2) is 0 Å². The predicted octanol–water partition coefficient (Wildman–Crippen LogP) is 4.63. The Kier molecular flexibility index (Phi) is 6.13. The topological polar surface area (TPSA) is 21.3 Å². The van der Waals surface area contributed by atoms with Crippen molar-refractivity contribution in [2.75, 3.05) is 6.54 Å². The van der Waals surface area contributed by atoms with E-state index in [1.165, 1.54) is 9.13 Å². The van der Waals surface area contributed by atoms with Crippen molar-refractivity contribution in [1.29, 1.82) is 0 Å². The summed E-state index contributed by atoms with van der Waals surface area (Å²) in [6.45, 7) is 4.39. The molecule has 0 saturated carbocycles. The van der Waals surface area contributed by atoms with Crippen LogP contribution in [0.25, 0.3) is 0 Å². The Hall–Kier alpha value is -0.780. The number of hydrogen-bond acceptors (Lipinski definition) is 2. The first-order valence-corrected chi connectivity index (χ1v) is 8.01. The molecule has 0 bridgehead atoms. The summed E-state index contributed by atoms with van der Waals surface area (Å²) in [6, 6.07) is 14.2. The van der Waals surface area contributed by atoms with Gasteiger partial charge in [0.25, 0.3) is 0 Å². The second kappa shape index (κ2) is 7.86. The third kappa shape index (κ3) is 4.65. The zero-order valence-corrected chi connectivity index (χ0v) is 14.2. The number of benzene rings is 2. The van der Waals surface area contributed by atoms with Gasteiger partial charge in [0, 0.05) is 10.1 Å². The van der Waals surface area contributed by atoms with Gasteiger partial charge in [0.15, 0.2) is 0 Å². The second-order valence-electron chi connectivity index (χ2n) is 4.46. The lowest BCUT2D eigenvalue weighted by Crippen LogP contribution is -2.11. The van der Waals surface area contributed by atoms with Crippen LogP contribution in [0.4, 0.5) is 0 Å². The summed E-state index contributed by atoms with van der Waals surface area (Å²) in [4.78, 5) is 0. The van der Waals surface area contributed by atoms with Gasteiger partial charge in [-0.1, -0.05) is 36.7 Å². The predicted molar refractivity (Wildman–Crippen MR) is 92.3 cm³/mol. The molecule has 1 N–H and O–H groups in total. The summed E-state index contributed by atoms with van der Waals surface area (Å²) >= 11 is 8.53. The zero-order valence-electron chi connectivity index (χ0n) is 11.3. The van der Waals surface area contributed by atoms with Crippen LogP contribution in [0.5, 0.6) is 5.75 Å². The standard InChI is InChI=1S/C16H17ClINO/c1-2-19-10-13-5-8-16(15(17)9-13)20-11-12-3-6-14(18)7-4-12/h3-9,19H,2,10-11H2,1H3. The van der Waals surface area contributed by atoms with Crippen LogP contribution in [0.15, 0.2) is 42.5 Å². The lowest BCUT2D eigenvalue weighted by Gasteiger charge is -2.10. The van der Waals surface area contributed by atoms with Crippen molar-refractivity contribution in [3.8, 4) is 5.75 Å². The van der Waals surface area contributed by atoms with E-state index in [0.29, 0.717) is 11.6 Å². The molecule has 106 valence electrons. The molecule has 2 rings (SSSR count). The third-order valence-corrected chi connectivity index (χ3v) is 3.90. The molecular formula is C16H17ClINO. The lowest BCUT2D eigenvalue weighted by molar-refractivity contribution is 0.306. The molecule has 2 nitrogen and oxygen atoms in total.